The quantitative estimate of drug-likeness (QED) is 0.861. The normalized spacial score (nSPS) is 15.8. The highest BCUT2D eigenvalue weighted by atomic mass is 79.9. The second-order valence-electron chi connectivity index (χ2n) is 5.25. The number of benzene rings is 2. The molecule has 2 aromatic carbocycles. The Bertz CT molecular complexity index is 642. The summed E-state index contributed by atoms with van der Waals surface area (Å²) in [6.07, 6.45) is 2.61. The van der Waals surface area contributed by atoms with Crippen molar-refractivity contribution in [2.24, 2.45) is 0 Å². The Hall–Kier alpha value is -1.39. The van der Waals surface area contributed by atoms with Gasteiger partial charge in [0.2, 0.25) is 0 Å². The highest BCUT2D eigenvalue weighted by molar-refractivity contribution is 9.10. The van der Waals surface area contributed by atoms with Crippen molar-refractivity contribution in [2.75, 3.05) is 7.05 Å². The molecule has 110 valence electrons. The molecular weight excluding hydrogens is 333 g/mol. The highest BCUT2D eigenvalue weighted by Crippen LogP contribution is 2.32. The van der Waals surface area contributed by atoms with E-state index in [4.69, 9.17) is 4.74 Å². The molecule has 1 atom stereocenters. The van der Waals surface area contributed by atoms with Gasteiger partial charge in [0.25, 0.3) is 0 Å². The molecule has 21 heavy (non-hydrogen) atoms. The lowest BCUT2D eigenvalue weighted by Crippen LogP contribution is -2.19. The van der Waals surface area contributed by atoms with Crippen LogP contribution in [-0.4, -0.2) is 13.2 Å². The maximum Gasteiger partial charge on any atom is 0.142 e. The number of nitrogens with one attached hydrogen (secondary N) is 1. The third kappa shape index (κ3) is 3.27. The van der Waals surface area contributed by atoms with Crippen LogP contribution in [0.4, 0.5) is 4.39 Å². The van der Waals surface area contributed by atoms with Gasteiger partial charge in [0.1, 0.15) is 11.6 Å². The molecule has 0 amide bonds. The first-order valence-electron chi connectivity index (χ1n) is 7.07. The first-order valence-corrected chi connectivity index (χ1v) is 7.86. The Morgan fingerprint density at radius 3 is 2.71 bits per heavy atom. The van der Waals surface area contributed by atoms with Gasteiger partial charge in [-0.2, -0.15) is 0 Å². The first kappa shape index (κ1) is 14.5. The average molecular weight is 350 g/mol. The molecule has 0 spiro atoms. The summed E-state index contributed by atoms with van der Waals surface area (Å²) in [5.41, 5.74) is 1.61. The molecule has 0 aromatic heterocycles. The minimum absolute atomic E-state index is 0.203. The zero-order valence-corrected chi connectivity index (χ0v) is 13.4. The van der Waals surface area contributed by atoms with Crippen LogP contribution in [0.15, 0.2) is 46.9 Å². The fourth-order valence-corrected chi connectivity index (χ4v) is 2.77. The molecule has 2 nitrogen and oxygen atoms in total. The summed E-state index contributed by atoms with van der Waals surface area (Å²) in [6.45, 7) is 0. The van der Waals surface area contributed by atoms with E-state index < -0.39 is 0 Å². The van der Waals surface area contributed by atoms with Gasteiger partial charge in [0, 0.05) is 5.56 Å². The van der Waals surface area contributed by atoms with Crippen LogP contribution in [0.5, 0.6) is 5.75 Å². The fourth-order valence-electron chi connectivity index (χ4n) is 2.39. The van der Waals surface area contributed by atoms with E-state index in [0.717, 1.165) is 24.2 Å². The van der Waals surface area contributed by atoms with Crippen molar-refractivity contribution in [2.45, 2.75) is 25.0 Å². The molecule has 1 unspecified atom stereocenters. The van der Waals surface area contributed by atoms with E-state index in [9.17, 15) is 4.39 Å². The lowest BCUT2D eigenvalue weighted by molar-refractivity contribution is 0.302. The van der Waals surface area contributed by atoms with E-state index in [0.29, 0.717) is 16.1 Å². The molecule has 2 aromatic rings. The van der Waals surface area contributed by atoms with Gasteiger partial charge < -0.3 is 10.1 Å². The molecule has 3 rings (SSSR count). The van der Waals surface area contributed by atoms with Gasteiger partial charge in [-0.15, -0.1) is 0 Å². The monoisotopic (exact) mass is 349 g/mol. The lowest BCUT2D eigenvalue weighted by atomic mass is 9.98. The number of hydrogen-bond acceptors (Lipinski definition) is 2. The molecule has 1 aliphatic rings. The molecule has 1 N–H and O–H groups in total. The van der Waals surface area contributed by atoms with Crippen molar-refractivity contribution in [3.63, 3.8) is 0 Å². The van der Waals surface area contributed by atoms with E-state index in [1.807, 2.05) is 37.4 Å². The third-order valence-electron chi connectivity index (χ3n) is 3.60. The van der Waals surface area contributed by atoms with E-state index >= 15 is 0 Å². The number of rotatable bonds is 5. The average Bonchev–Trinajstić information content (AvgIpc) is 3.29. The summed E-state index contributed by atoms with van der Waals surface area (Å²) >= 11 is 3.24. The van der Waals surface area contributed by atoms with Crippen LogP contribution >= 0.6 is 15.9 Å². The van der Waals surface area contributed by atoms with Crippen molar-refractivity contribution in [3.8, 4) is 5.75 Å². The Labute approximate surface area is 132 Å². The van der Waals surface area contributed by atoms with Gasteiger partial charge in [-0.3, -0.25) is 0 Å². The van der Waals surface area contributed by atoms with Gasteiger partial charge >= 0.3 is 0 Å². The van der Waals surface area contributed by atoms with Crippen molar-refractivity contribution in [1.29, 1.82) is 0 Å². The van der Waals surface area contributed by atoms with Crippen LogP contribution in [0.25, 0.3) is 0 Å². The Balaban J connectivity index is 1.93. The van der Waals surface area contributed by atoms with Gasteiger partial charge in [0.05, 0.1) is 16.6 Å². The second-order valence-corrected chi connectivity index (χ2v) is 6.11. The van der Waals surface area contributed by atoms with E-state index in [2.05, 4.69) is 21.2 Å². The van der Waals surface area contributed by atoms with Crippen LogP contribution in [0, 0.1) is 5.82 Å². The molecule has 0 bridgehead atoms. The van der Waals surface area contributed by atoms with E-state index in [1.165, 1.54) is 0 Å². The Morgan fingerprint density at radius 1 is 1.24 bits per heavy atom. The predicted octanol–water partition coefficient (Wildman–Crippen LogP) is 4.44. The first-order chi connectivity index (χ1) is 10.2. The van der Waals surface area contributed by atoms with Crippen molar-refractivity contribution in [3.05, 3.63) is 63.9 Å². The molecule has 0 aliphatic heterocycles. The van der Waals surface area contributed by atoms with E-state index in [1.54, 1.807) is 12.1 Å². The topological polar surface area (TPSA) is 21.3 Å². The summed E-state index contributed by atoms with van der Waals surface area (Å²) in [4.78, 5) is 0. The third-order valence-corrected chi connectivity index (χ3v) is 4.21. The molecule has 1 fully saturated rings. The van der Waals surface area contributed by atoms with Crippen LogP contribution in [0.2, 0.25) is 0 Å². The number of halogens is 2. The molecule has 0 heterocycles. The standard InChI is InChI=1S/C17H17BrFNO/c1-20-17(14-6-3-7-15(18)16(14)19)11-4-2-5-13(10-11)21-12-8-9-12/h2-7,10,12,17,20H,8-9H2,1H3. The smallest absolute Gasteiger partial charge is 0.142 e. The SMILES string of the molecule is CNC(c1cccc(OC2CC2)c1)c1cccc(Br)c1F. The summed E-state index contributed by atoms with van der Waals surface area (Å²) in [5, 5.41) is 3.18. The van der Waals surface area contributed by atoms with Crippen LogP contribution in [-0.2, 0) is 0 Å². The lowest BCUT2D eigenvalue weighted by Gasteiger charge is -2.19. The summed E-state index contributed by atoms with van der Waals surface area (Å²) < 4.78 is 20.6. The molecule has 0 saturated heterocycles. The summed E-state index contributed by atoms with van der Waals surface area (Å²) in [6, 6.07) is 13.0. The van der Waals surface area contributed by atoms with Crippen LogP contribution < -0.4 is 10.1 Å². The predicted molar refractivity (Wildman–Crippen MR) is 85.1 cm³/mol. The second kappa shape index (κ2) is 6.16. The van der Waals surface area contributed by atoms with Gasteiger partial charge in [-0.05, 0) is 59.6 Å². The fraction of sp³-hybridized carbons (Fsp3) is 0.294. The maximum atomic E-state index is 14.3. The summed E-state index contributed by atoms with van der Waals surface area (Å²) in [5.74, 6) is 0.621. The Kier molecular flexibility index (Phi) is 4.27. The molecule has 1 aliphatic carbocycles. The zero-order chi connectivity index (χ0) is 14.8. The van der Waals surface area contributed by atoms with Gasteiger partial charge in [-0.25, -0.2) is 4.39 Å². The molecular formula is C17H17BrFNO. The minimum atomic E-state index is -0.231. The minimum Gasteiger partial charge on any atom is -0.490 e. The van der Waals surface area contributed by atoms with Crippen molar-refractivity contribution >= 4 is 15.9 Å². The maximum absolute atomic E-state index is 14.3. The molecule has 4 heteroatoms. The van der Waals surface area contributed by atoms with E-state index in [-0.39, 0.29) is 11.9 Å². The molecule has 0 radical (unpaired) electrons. The summed E-state index contributed by atoms with van der Waals surface area (Å²) in [7, 11) is 1.83. The van der Waals surface area contributed by atoms with Gasteiger partial charge in [-0.1, -0.05) is 24.3 Å². The van der Waals surface area contributed by atoms with Crippen molar-refractivity contribution in [1.82, 2.24) is 5.32 Å². The highest BCUT2D eigenvalue weighted by Gasteiger charge is 2.24. The van der Waals surface area contributed by atoms with Crippen LogP contribution in [0.1, 0.15) is 30.0 Å². The van der Waals surface area contributed by atoms with Crippen LogP contribution in [0.3, 0.4) is 0 Å². The largest absolute Gasteiger partial charge is 0.490 e. The number of hydrogen-bond donors (Lipinski definition) is 1. The molecule has 1 saturated carbocycles. The zero-order valence-electron chi connectivity index (χ0n) is 11.8. The Morgan fingerprint density at radius 2 is 2.00 bits per heavy atom. The number of ether oxygens (including phenoxy) is 1. The van der Waals surface area contributed by atoms with Gasteiger partial charge in [0.15, 0.2) is 0 Å². The van der Waals surface area contributed by atoms with Crippen molar-refractivity contribution < 1.29 is 9.13 Å².